The van der Waals surface area contributed by atoms with E-state index >= 15 is 0 Å². The van der Waals surface area contributed by atoms with Crippen LogP contribution in [0.25, 0.3) is 0 Å². The molecule has 1 aromatic carbocycles. The van der Waals surface area contributed by atoms with Gasteiger partial charge in [-0.2, -0.15) is 0 Å². The molecule has 5 nitrogen and oxygen atoms in total. The number of rotatable bonds is 3. The third-order valence-electron chi connectivity index (χ3n) is 2.22. The van der Waals surface area contributed by atoms with E-state index in [1.54, 1.807) is 0 Å². The van der Waals surface area contributed by atoms with Crippen LogP contribution in [0.1, 0.15) is 10.5 Å². The molecule has 7 heteroatoms. The molecule has 0 amide bonds. The Bertz CT molecular complexity index is 622. The van der Waals surface area contributed by atoms with Crippen molar-refractivity contribution in [3.8, 4) is 0 Å². The summed E-state index contributed by atoms with van der Waals surface area (Å²) in [7, 11) is 1.25. The van der Waals surface area contributed by atoms with Crippen molar-refractivity contribution in [1.29, 1.82) is 0 Å². The van der Waals surface area contributed by atoms with Crippen LogP contribution >= 0.6 is 11.6 Å². The number of anilines is 2. The maximum Gasteiger partial charge on any atom is 0.358 e. The zero-order valence-electron chi connectivity index (χ0n) is 9.85. The number of ether oxygens (including phenoxy) is 1. The second-order valence-electron chi connectivity index (χ2n) is 3.54. The summed E-state index contributed by atoms with van der Waals surface area (Å²) < 4.78 is 17.5. The Labute approximate surface area is 113 Å². The summed E-state index contributed by atoms with van der Waals surface area (Å²) in [6, 6.07) is 4.12. The maximum absolute atomic E-state index is 13.0. The van der Waals surface area contributed by atoms with Crippen LogP contribution in [0.2, 0.25) is 5.02 Å². The minimum atomic E-state index is -0.590. The summed E-state index contributed by atoms with van der Waals surface area (Å²) in [6.45, 7) is 0. The molecule has 0 aliphatic heterocycles. The number of nitrogens with zero attached hydrogens (tertiary/aromatic N) is 2. The van der Waals surface area contributed by atoms with Crippen molar-refractivity contribution in [2.24, 2.45) is 0 Å². The molecule has 0 saturated heterocycles. The Morgan fingerprint density at radius 3 is 2.89 bits per heavy atom. The van der Waals surface area contributed by atoms with Crippen molar-refractivity contribution in [1.82, 2.24) is 9.97 Å². The monoisotopic (exact) mass is 281 g/mol. The van der Waals surface area contributed by atoms with Crippen molar-refractivity contribution >= 4 is 29.1 Å². The molecule has 19 heavy (non-hydrogen) atoms. The van der Waals surface area contributed by atoms with Crippen LogP contribution < -0.4 is 5.32 Å². The molecule has 0 atom stereocenters. The van der Waals surface area contributed by atoms with Crippen LogP contribution in [0.3, 0.4) is 0 Å². The highest BCUT2D eigenvalue weighted by atomic mass is 35.5. The van der Waals surface area contributed by atoms with E-state index in [0.717, 1.165) is 0 Å². The van der Waals surface area contributed by atoms with Crippen molar-refractivity contribution < 1.29 is 13.9 Å². The van der Waals surface area contributed by atoms with Crippen LogP contribution in [0.5, 0.6) is 0 Å². The summed E-state index contributed by atoms with van der Waals surface area (Å²) in [4.78, 5) is 19.2. The SMILES string of the molecule is COC(=O)c1cncc(Nc2ccc(F)c(Cl)c2)n1. The van der Waals surface area contributed by atoms with Gasteiger partial charge in [-0.25, -0.2) is 14.2 Å². The lowest BCUT2D eigenvalue weighted by atomic mass is 10.3. The van der Waals surface area contributed by atoms with Gasteiger partial charge in [0.05, 0.1) is 24.5 Å². The van der Waals surface area contributed by atoms with Gasteiger partial charge in [-0.05, 0) is 18.2 Å². The average molecular weight is 282 g/mol. The molecule has 2 aromatic rings. The van der Waals surface area contributed by atoms with Crippen molar-refractivity contribution in [2.75, 3.05) is 12.4 Å². The molecule has 0 saturated carbocycles. The second-order valence-corrected chi connectivity index (χ2v) is 3.94. The smallest absolute Gasteiger partial charge is 0.358 e. The fraction of sp³-hybridized carbons (Fsp3) is 0.0833. The van der Waals surface area contributed by atoms with Gasteiger partial charge in [-0.1, -0.05) is 11.6 Å². The van der Waals surface area contributed by atoms with Crippen LogP contribution in [0.4, 0.5) is 15.9 Å². The first kappa shape index (κ1) is 13.2. The third kappa shape index (κ3) is 3.17. The Hall–Kier alpha value is -2.21. The number of methoxy groups -OCH3 is 1. The molecule has 1 aromatic heterocycles. The van der Waals surface area contributed by atoms with E-state index in [4.69, 9.17) is 11.6 Å². The van der Waals surface area contributed by atoms with Crippen molar-refractivity contribution in [3.63, 3.8) is 0 Å². The highest BCUT2D eigenvalue weighted by Crippen LogP contribution is 2.21. The molecular formula is C12H9ClFN3O2. The van der Waals surface area contributed by atoms with E-state index in [-0.39, 0.29) is 10.7 Å². The van der Waals surface area contributed by atoms with Crippen LogP contribution in [0, 0.1) is 5.82 Å². The summed E-state index contributed by atoms with van der Waals surface area (Å²) in [5.74, 6) is -0.777. The zero-order valence-corrected chi connectivity index (χ0v) is 10.6. The van der Waals surface area contributed by atoms with Crippen LogP contribution in [-0.4, -0.2) is 23.0 Å². The van der Waals surface area contributed by atoms with Gasteiger partial charge in [0.1, 0.15) is 11.6 Å². The van der Waals surface area contributed by atoms with Crippen molar-refractivity contribution in [2.45, 2.75) is 0 Å². The van der Waals surface area contributed by atoms with E-state index in [2.05, 4.69) is 20.0 Å². The first-order chi connectivity index (χ1) is 9.10. The first-order valence-corrected chi connectivity index (χ1v) is 5.60. The Kier molecular flexibility index (Phi) is 3.91. The fourth-order valence-corrected chi connectivity index (χ4v) is 1.53. The number of benzene rings is 1. The van der Waals surface area contributed by atoms with E-state index < -0.39 is 11.8 Å². The molecule has 98 valence electrons. The summed E-state index contributed by atoms with van der Waals surface area (Å²) in [5.41, 5.74) is 0.600. The Balaban J connectivity index is 2.23. The number of esters is 1. The Morgan fingerprint density at radius 2 is 2.21 bits per heavy atom. The molecule has 2 rings (SSSR count). The molecule has 0 radical (unpaired) electrons. The van der Waals surface area contributed by atoms with Crippen molar-refractivity contribution in [3.05, 3.63) is 47.1 Å². The van der Waals surface area contributed by atoms with Gasteiger partial charge >= 0.3 is 5.97 Å². The first-order valence-electron chi connectivity index (χ1n) is 5.22. The van der Waals surface area contributed by atoms with Crippen LogP contribution in [-0.2, 0) is 4.74 Å². The average Bonchev–Trinajstić information content (AvgIpc) is 2.42. The van der Waals surface area contributed by atoms with Gasteiger partial charge in [-0.15, -0.1) is 0 Å². The van der Waals surface area contributed by atoms with Gasteiger partial charge < -0.3 is 10.1 Å². The fourth-order valence-electron chi connectivity index (χ4n) is 1.35. The van der Waals surface area contributed by atoms with Gasteiger partial charge in [0.25, 0.3) is 0 Å². The summed E-state index contributed by atoms with van der Waals surface area (Å²) in [5, 5.41) is 2.85. The van der Waals surface area contributed by atoms with E-state index in [9.17, 15) is 9.18 Å². The topological polar surface area (TPSA) is 64.1 Å². The van der Waals surface area contributed by atoms with Crippen LogP contribution in [0.15, 0.2) is 30.6 Å². The molecule has 0 unspecified atom stereocenters. The Morgan fingerprint density at radius 1 is 1.42 bits per heavy atom. The van der Waals surface area contributed by atoms with Gasteiger partial charge in [0, 0.05) is 5.69 Å². The second kappa shape index (κ2) is 5.62. The molecule has 1 N–H and O–H groups in total. The lowest BCUT2D eigenvalue weighted by molar-refractivity contribution is 0.0593. The van der Waals surface area contributed by atoms with E-state index in [0.29, 0.717) is 11.5 Å². The van der Waals surface area contributed by atoms with Gasteiger partial charge in [0.2, 0.25) is 0 Å². The minimum absolute atomic E-state index is 0.0120. The molecule has 0 aliphatic rings. The molecule has 0 bridgehead atoms. The van der Waals surface area contributed by atoms with Gasteiger partial charge in [-0.3, -0.25) is 4.98 Å². The summed E-state index contributed by atoms with van der Waals surface area (Å²) >= 11 is 5.66. The molecule has 1 heterocycles. The standard InChI is InChI=1S/C12H9ClFN3O2/c1-19-12(18)10-5-15-6-11(17-10)16-7-2-3-9(14)8(13)4-7/h2-6H,1H3,(H,16,17). The molecule has 0 spiro atoms. The number of hydrogen-bond acceptors (Lipinski definition) is 5. The number of nitrogens with one attached hydrogen (secondary N) is 1. The quantitative estimate of drug-likeness (QED) is 0.877. The number of hydrogen-bond donors (Lipinski definition) is 1. The highest BCUT2D eigenvalue weighted by Gasteiger charge is 2.09. The van der Waals surface area contributed by atoms with E-state index in [1.807, 2.05) is 0 Å². The summed E-state index contributed by atoms with van der Waals surface area (Å²) in [6.07, 6.45) is 2.71. The number of carbonyl (C=O) groups excluding carboxylic acids is 1. The largest absolute Gasteiger partial charge is 0.464 e. The highest BCUT2D eigenvalue weighted by molar-refractivity contribution is 6.31. The lowest BCUT2D eigenvalue weighted by Gasteiger charge is -2.06. The van der Waals surface area contributed by atoms with E-state index in [1.165, 1.54) is 37.7 Å². The molecular weight excluding hydrogens is 273 g/mol. The number of halogens is 2. The predicted molar refractivity (Wildman–Crippen MR) is 68.1 cm³/mol. The minimum Gasteiger partial charge on any atom is -0.464 e. The zero-order chi connectivity index (χ0) is 13.8. The lowest BCUT2D eigenvalue weighted by Crippen LogP contribution is -2.06. The normalized spacial score (nSPS) is 10.1. The molecule has 0 aliphatic carbocycles. The number of carbonyl (C=O) groups is 1. The van der Waals surface area contributed by atoms with Gasteiger partial charge in [0.15, 0.2) is 5.69 Å². The molecule has 0 fully saturated rings. The maximum atomic E-state index is 13.0. The predicted octanol–water partition coefficient (Wildman–Crippen LogP) is 2.80. The number of aromatic nitrogens is 2. The third-order valence-corrected chi connectivity index (χ3v) is 2.51.